The Morgan fingerprint density at radius 2 is 2.38 bits per heavy atom. The third-order valence-corrected chi connectivity index (χ3v) is 2.68. The van der Waals surface area contributed by atoms with Crippen LogP contribution in [0.4, 0.5) is 0 Å². The molecule has 0 saturated heterocycles. The molecule has 0 bridgehead atoms. The van der Waals surface area contributed by atoms with Gasteiger partial charge in [0.1, 0.15) is 6.54 Å². The van der Waals surface area contributed by atoms with E-state index in [-0.39, 0.29) is 18.4 Å². The molecule has 3 heteroatoms. The second kappa shape index (κ2) is 3.78. The highest BCUT2D eigenvalue weighted by atomic mass is 16.1. The van der Waals surface area contributed by atoms with Gasteiger partial charge in [-0.2, -0.15) is 5.26 Å². The van der Waals surface area contributed by atoms with Gasteiger partial charge in [0.2, 0.25) is 5.91 Å². The van der Waals surface area contributed by atoms with E-state index in [1.165, 1.54) is 0 Å². The van der Waals surface area contributed by atoms with Crippen LogP contribution in [0.3, 0.4) is 0 Å². The first kappa shape index (κ1) is 10.0. The third kappa shape index (κ3) is 2.73. The lowest BCUT2D eigenvalue weighted by Gasteiger charge is -2.16. The molecule has 0 aromatic carbocycles. The van der Waals surface area contributed by atoms with Crippen molar-refractivity contribution in [3.8, 4) is 6.07 Å². The number of carbonyl (C=O) groups excluding carboxylic acids is 1. The van der Waals surface area contributed by atoms with Crippen molar-refractivity contribution < 1.29 is 4.79 Å². The molecule has 0 radical (unpaired) electrons. The molecule has 3 nitrogen and oxygen atoms in total. The first-order valence-electron chi connectivity index (χ1n) is 4.70. The van der Waals surface area contributed by atoms with Crippen LogP contribution in [-0.2, 0) is 4.79 Å². The fraction of sp³-hybridized carbons (Fsp3) is 0.800. The van der Waals surface area contributed by atoms with Crippen molar-refractivity contribution in [3.05, 3.63) is 0 Å². The Morgan fingerprint density at radius 3 is 2.85 bits per heavy atom. The number of nitriles is 1. The van der Waals surface area contributed by atoms with Crippen LogP contribution in [0.25, 0.3) is 0 Å². The van der Waals surface area contributed by atoms with Gasteiger partial charge in [-0.15, -0.1) is 0 Å². The summed E-state index contributed by atoms with van der Waals surface area (Å²) in [4.78, 5) is 11.4. The first-order valence-corrected chi connectivity index (χ1v) is 4.70. The Balaban J connectivity index is 2.39. The zero-order valence-electron chi connectivity index (χ0n) is 8.26. The van der Waals surface area contributed by atoms with Gasteiger partial charge < -0.3 is 5.32 Å². The fourth-order valence-corrected chi connectivity index (χ4v) is 1.93. The van der Waals surface area contributed by atoms with E-state index < -0.39 is 0 Å². The zero-order valence-corrected chi connectivity index (χ0v) is 8.26. The summed E-state index contributed by atoms with van der Waals surface area (Å²) in [5.74, 6) is 0.176. The van der Waals surface area contributed by atoms with Crippen LogP contribution in [0, 0.1) is 22.7 Å². The highest BCUT2D eigenvalue weighted by Crippen LogP contribution is 2.40. The molecule has 1 rings (SSSR count). The second-order valence-corrected chi connectivity index (χ2v) is 4.48. The first-order chi connectivity index (χ1) is 6.05. The maximum Gasteiger partial charge on any atom is 0.223 e. The van der Waals surface area contributed by atoms with Gasteiger partial charge in [0.25, 0.3) is 0 Å². The number of amides is 1. The molecule has 1 aliphatic rings. The van der Waals surface area contributed by atoms with E-state index in [9.17, 15) is 4.79 Å². The highest BCUT2D eigenvalue weighted by molar-refractivity contribution is 5.79. The Bertz CT molecular complexity index is 240. The summed E-state index contributed by atoms with van der Waals surface area (Å²) in [7, 11) is 0. The third-order valence-electron chi connectivity index (χ3n) is 2.68. The number of rotatable bonds is 2. The number of hydrogen-bond acceptors (Lipinski definition) is 2. The van der Waals surface area contributed by atoms with Crippen molar-refractivity contribution in [2.24, 2.45) is 11.3 Å². The van der Waals surface area contributed by atoms with Crippen LogP contribution >= 0.6 is 0 Å². The number of nitrogens with zero attached hydrogens (tertiary/aromatic N) is 1. The van der Waals surface area contributed by atoms with Crippen LogP contribution in [-0.4, -0.2) is 12.5 Å². The molecule has 0 spiro atoms. The molecular weight excluding hydrogens is 164 g/mol. The van der Waals surface area contributed by atoms with Crippen LogP contribution in [0.15, 0.2) is 0 Å². The largest absolute Gasteiger partial charge is 0.343 e. The van der Waals surface area contributed by atoms with Crippen LogP contribution < -0.4 is 5.32 Å². The molecule has 0 aromatic rings. The topological polar surface area (TPSA) is 52.9 Å². The molecule has 1 amide bonds. The summed E-state index contributed by atoms with van der Waals surface area (Å²) in [6.45, 7) is 4.50. The molecule has 13 heavy (non-hydrogen) atoms. The Morgan fingerprint density at radius 1 is 1.69 bits per heavy atom. The summed E-state index contributed by atoms with van der Waals surface area (Å²) in [6.07, 6.45) is 3.02. The van der Waals surface area contributed by atoms with Gasteiger partial charge in [-0.3, -0.25) is 4.79 Å². The minimum Gasteiger partial charge on any atom is -0.343 e. The number of carbonyl (C=O) groups is 1. The Hall–Kier alpha value is -1.04. The van der Waals surface area contributed by atoms with Gasteiger partial charge in [0.15, 0.2) is 0 Å². The summed E-state index contributed by atoms with van der Waals surface area (Å²) >= 11 is 0. The van der Waals surface area contributed by atoms with Crippen molar-refractivity contribution in [2.45, 2.75) is 33.1 Å². The molecule has 1 atom stereocenters. The van der Waals surface area contributed by atoms with E-state index in [1.54, 1.807) is 0 Å². The average molecular weight is 180 g/mol. The molecule has 0 aliphatic heterocycles. The molecule has 1 aliphatic carbocycles. The predicted molar refractivity (Wildman–Crippen MR) is 49.7 cm³/mol. The van der Waals surface area contributed by atoms with Crippen LogP contribution in [0.2, 0.25) is 0 Å². The van der Waals surface area contributed by atoms with Crippen LogP contribution in [0.1, 0.15) is 33.1 Å². The summed E-state index contributed by atoms with van der Waals surface area (Å²) in [5, 5.41) is 10.9. The van der Waals surface area contributed by atoms with Gasteiger partial charge in [0.05, 0.1) is 6.07 Å². The summed E-state index contributed by atoms with van der Waals surface area (Å²) < 4.78 is 0. The van der Waals surface area contributed by atoms with Crippen molar-refractivity contribution >= 4 is 5.91 Å². The van der Waals surface area contributed by atoms with Gasteiger partial charge in [-0.05, 0) is 24.7 Å². The van der Waals surface area contributed by atoms with Gasteiger partial charge in [-0.1, -0.05) is 13.8 Å². The lowest BCUT2D eigenvalue weighted by Crippen LogP contribution is -2.30. The Kier molecular flexibility index (Phi) is 2.92. The van der Waals surface area contributed by atoms with Gasteiger partial charge in [0, 0.05) is 5.92 Å². The second-order valence-electron chi connectivity index (χ2n) is 4.48. The van der Waals surface area contributed by atoms with Crippen LogP contribution in [0.5, 0.6) is 0 Å². The van der Waals surface area contributed by atoms with Gasteiger partial charge in [-0.25, -0.2) is 0 Å². The molecule has 1 N–H and O–H groups in total. The molecule has 1 unspecified atom stereocenters. The summed E-state index contributed by atoms with van der Waals surface area (Å²) in [6, 6.07) is 1.91. The molecular formula is C10H16N2O. The number of nitrogens with one attached hydrogen (secondary N) is 1. The van der Waals surface area contributed by atoms with E-state index in [0.29, 0.717) is 5.41 Å². The SMILES string of the molecule is CC1(C)CCC(C(=O)NCC#N)C1. The van der Waals surface area contributed by atoms with E-state index in [0.717, 1.165) is 19.3 Å². The summed E-state index contributed by atoms with van der Waals surface area (Å²) in [5.41, 5.74) is 0.300. The van der Waals surface area contributed by atoms with Crippen molar-refractivity contribution in [1.29, 1.82) is 5.26 Å². The maximum atomic E-state index is 11.4. The lowest BCUT2D eigenvalue weighted by atomic mass is 9.90. The quantitative estimate of drug-likeness (QED) is 0.654. The van der Waals surface area contributed by atoms with Crippen molar-refractivity contribution in [1.82, 2.24) is 5.32 Å². The zero-order chi connectivity index (χ0) is 9.90. The highest BCUT2D eigenvalue weighted by Gasteiger charge is 2.34. The molecule has 1 fully saturated rings. The van der Waals surface area contributed by atoms with E-state index in [2.05, 4.69) is 19.2 Å². The number of hydrogen-bond donors (Lipinski definition) is 1. The van der Waals surface area contributed by atoms with Crippen molar-refractivity contribution in [3.63, 3.8) is 0 Å². The van der Waals surface area contributed by atoms with E-state index >= 15 is 0 Å². The normalized spacial score (nSPS) is 25.2. The lowest BCUT2D eigenvalue weighted by molar-refractivity contribution is -0.124. The van der Waals surface area contributed by atoms with E-state index in [4.69, 9.17) is 5.26 Å². The minimum atomic E-state index is 0.0483. The minimum absolute atomic E-state index is 0.0483. The smallest absolute Gasteiger partial charge is 0.223 e. The monoisotopic (exact) mass is 180 g/mol. The van der Waals surface area contributed by atoms with E-state index in [1.807, 2.05) is 6.07 Å². The average Bonchev–Trinajstić information content (AvgIpc) is 2.42. The molecule has 0 heterocycles. The molecule has 72 valence electrons. The standard InChI is InChI=1S/C10H16N2O/c1-10(2)4-3-8(7-10)9(13)12-6-5-11/h8H,3-4,6-7H2,1-2H3,(H,12,13). The van der Waals surface area contributed by atoms with Gasteiger partial charge >= 0.3 is 0 Å². The molecule has 1 saturated carbocycles. The predicted octanol–water partition coefficient (Wildman–Crippen LogP) is 1.45. The maximum absolute atomic E-state index is 11.4. The van der Waals surface area contributed by atoms with Crippen molar-refractivity contribution in [2.75, 3.05) is 6.54 Å². The molecule has 0 aromatic heterocycles. The Labute approximate surface area is 79.1 Å². The fourth-order valence-electron chi connectivity index (χ4n) is 1.93.